The Hall–Kier alpha value is -2.55. The van der Waals surface area contributed by atoms with E-state index in [0.29, 0.717) is 6.61 Å². The van der Waals surface area contributed by atoms with E-state index in [1.54, 1.807) is 0 Å². The lowest BCUT2D eigenvalue weighted by Gasteiger charge is -2.09. The first-order chi connectivity index (χ1) is 10.8. The van der Waals surface area contributed by atoms with Gasteiger partial charge in [0, 0.05) is 17.3 Å². The smallest absolute Gasteiger partial charge is 0.119 e. The van der Waals surface area contributed by atoms with Crippen LogP contribution in [0.1, 0.15) is 20.8 Å². The summed E-state index contributed by atoms with van der Waals surface area (Å²) in [4.78, 5) is 4.38. The fourth-order valence-corrected chi connectivity index (χ4v) is 2.34. The second-order valence-corrected chi connectivity index (χ2v) is 4.60. The molecule has 2 N–H and O–H groups in total. The molecule has 0 aliphatic heterocycles. The Kier molecular flexibility index (Phi) is 5.37. The third-order valence-corrected chi connectivity index (χ3v) is 3.22. The van der Waals surface area contributed by atoms with Gasteiger partial charge in [-0.1, -0.05) is 26.0 Å². The molecule has 0 bridgehead atoms. The summed E-state index contributed by atoms with van der Waals surface area (Å²) in [5.74, 6) is 0.874. The maximum atomic E-state index is 5.90. The van der Waals surface area contributed by atoms with Crippen molar-refractivity contribution in [2.75, 3.05) is 12.3 Å². The number of rotatable bonds is 3. The Labute approximate surface area is 131 Å². The van der Waals surface area contributed by atoms with E-state index in [1.807, 2.05) is 69.4 Å². The molecule has 0 radical (unpaired) electrons. The van der Waals surface area contributed by atoms with Crippen LogP contribution in [0.25, 0.3) is 22.0 Å². The SMILES string of the molecule is CC.CCOc1cccc(-c2ccnc3ccc(N)cc23)c1. The van der Waals surface area contributed by atoms with Crippen molar-refractivity contribution in [2.45, 2.75) is 20.8 Å². The van der Waals surface area contributed by atoms with Gasteiger partial charge in [0.05, 0.1) is 12.1 Å². The van der Waals surface area contributed by atoms with Crippen LogP contribution in [0.4, 0.5) is 5.69 Å². The predicted molar refractivity (Wildman–Crippen MR) is 94.1 cm³/mol. The maximum Gasteiger partial charge on any atom is 0.119 e. The van der Waals surface area contributed by atoms with Gasteiger partial charge in [-0.3, -0.25) is 4.98 Å². The highest BCUT2D eigenvalue weighted by atomic mass is 16.5. The number of nitrogens with zero attached hydrogens (tertiary/aromatic N) is 1. The molecule has 3 aromatic rings. The van der Waals surface area contributed by atoms with E-state index >= 15 is 0 Å². The van der Waals surface area contributed by atoms with Gasteiger partial charge in [-0.25, -0.2) is 0 Å². The molecule has 0 saturated carbocycles. The number of anilines is 1. The van der Waals surface area contributed by atoms with Gasteiger partial charge in [-0.2, -0.15) is 0 Å². The van der Waals surface area contributed by atoms with Crippen LogP contribution < -0.4 is 10.5 Å². The molecule has 0 saturated heterocycles. The Morgan fingerprint density at radius 3 is 2.64 bits per heavy atom. The molecule has 22 heavy (non-hydrogen) atoms. The lowest BCUT2D eigenvalue weighted by molar-refractivity contribution is 0.340. The number of pyridine rings is 1. The first-order valence-electron chi connectivity index (χ1n) is 7.65. The van der Waals surface area contributed by atoms with Crippen LogP contribution >= 0.6 is 0 Å². The Morgan fingerprint density at radius 2 is 1.86 bits per heavy atom. The molecule has 3 heteroatoms. The van der Waals surface area contributed by atoms with Crippen LogP contribution in [-0.4, -0.2) is 11.6 Å². The topological polar surface area (TPSA) is 48.1 Å². The molecule has 0 aliphatic rings. The Morgan fingerprint density at radius 1 is 1.05 bits per heavy atom. The van der Waals surface area contributed by atoms with Gasteiger partial charge < -0.3 is 10.5 Å². The van der Waals surface area contributed by atoms with Crippen molar-refractivity contribution in [3.05, 3.63) is 54.7 Å². The minimum atomic E-state index is 0.660. The fourth-order valence-electron chi connectivity index (χ4n) is 2.34. The first kappa shape index (κ1) is 15.8. The largest absolute Gasteiger partial charge is 0.494 e. The van der Waals surface area contributed by atoms with Crippen LogP contribution in [-0.2, 0) is 0 Å². The van der Waals surface area contributed by atoms with E-state index in [2.05, 4.69) is 11.1 Å². The van der Waals surface area contributed by atoms with Gasteiger partial charge in [0.25, 0.3) is 0 Å². The van der Waals surface area contributed by atoms with Gasteiger partial charge in [0.2, 0.25) is 0 Å². The average molecular weight is 294 g/mol. The van der Waals surface area contributed by atoms with Crippen LogP contribution in [0.2, 0.25) is 0 Å². The molecule has 0 amide bonds. The number of hydrogen-bond acceptors (Lipinski definition) is 3. The normalized spacial score (nSPS) is 9.95. The Balaban J connectivity index is 0.000000847. The van der Waals surface area contributed by atoms with E-state index in [0.717, 1.165) is 33.5 Å². The molecule has 1 aromatic heterocycles. The standard InChI is InChI=1S/C17H16N2O.C2H6/c1-2-20-14-5-3-4-12(10-14)15-8-9-19-17-7-6-13(18)11-16(15)17;1-2/h3-11H,2,18H2,1H3;1-2H3. The molecule has 0 spiro atoms. The van der Waals surface area contributed by atoms with Crippen molar-refractivity contribution in [1.29, 1.82) is 0 Å². The van der Waals surface area contributed by atoms with Crippen LogP contribution in [0.3, 0.4) is 0 Å². The quantitative estimate of drug-likeness (QED) is 0.698. The van der Waals surface area contributed by atoms with E-state index in [-0.39, 0.29) is 0 Å². The zero-order chi connectivity index (χ0) is 15.9. The molecule has 0 fully saturated rings. The van der Waals surface area contributed by atoms with Gasteiger partial charge >= 0.3 is 0 Å². The maximum absolute atomic E-state index is 5.90. The molecule has 2 aromatic carbocycles. The highest BCUT2D eigenvalue weighted by molar-refractivity contribution is 5.96. The zero-order valence-corrected chi connectivity index (χ0v) is 13.3. The van der Waals surface area contributed by atoms with Crippen molar-refractivity contribution in [1.82, 2.24) is 4.98 Å². The van der Waals surface area contributed by atoms with Gasteiger partial charge in [0.15, 0.2) is 0 Å². The van der Waals surface area contributed by atoms with Crippen molar-refractivity contribution in [3.63, 3.8) is 0 Å². The summed E-state index contributed by atoms with van der Waals surface area (Å²) >= 11 is 0. The molecule has 3 nitrogen and oxygen atoms in total. The summed E-state index contributed by atoms with van der Waals surface area (Å²) in [6, 6.07) is 15.9. The van der Waals surface area contributed by atoms with Crippen molar-refractivity contribution in [2.24, 2.45) is 0 Å². The summed E-state index contributed by atoms with van der Waals surface area (Å²) in [5, 5.41) is 1.06. The average Bonchev–Trinajstić information content (AvgIpc) is 2.57. The van der Waals surface area contributed by atoms with Gasteiger partial charge in [0.1, 0.15) is 5.75 Å². The predicted octanol–water partition coefficient (Wildman–Crippen LogP) is 4.91. The van der Waals surface area contributed by atoms with Crippen molar-refractivity contribution >= 4 is 16.6 Å². The molecule has 3 rings (SSSR count). The highest BCUT2D eigenvalue weighted by Gasteiger charge is 2.06. The zero-order valence-electron chi connectivity index (χ0n) is 13.3. The molecule has 114 valence electrons. The number of nitrogen functional groups attached to an aromatic ring is 1. The summed E-state index contributed by atoms with van der Waals surface area (Å²) in [7, 11) is 0. The summed E-state index contributed by atoms with van der Waals surface area (Å²) in [6.07, 6.45) is 1.82. The number of hydrogen-bond donors (Lipinski definition) is 1. The van der Waals surface area contributed by atoms with E-state index in [9.17, 15) is 0 Å². The molecule has 0 atom stereocenters. The van der Waals surface area contributed by atoms with Gasteiger partial charge in [-0.15, -0.1) is 0 Å². The highest BCUT2D eigenvalue weighted by Crippen LogP contribution is 2.30. The second kappa shape index (κ2) is 7.46. The molecule has 0 aliphatic carbocycles. The summed E-state index contributed by atoms with van der Waals surface area (Å²) < 4.78 is 5.56. The monoisotopic (exact) mass is 294 g/mol. The Bertz CT molecular complexity index is 753. The number of ether oxygens (including phenoxy) is 1. The minimum Gasteiger partial charge on any atom is -0.494 e. The van der Waals surface area contributed by atoms with E-state index in [1.165, 1.54) is 0 Å². The van der Waals surface area contributed by atoms with Crippen molar-refractivity contribution < 1.29 is 4.74 Å². The third kappa shape index (κ3) is 3.37. The first-order valence-corrected chi connectivity index (χ1v) is 7.65. The molecule has 1 heterocycles. The number of aromatic nitrogens is 1. The second-order valence-electron chi connectivity index (χ2n) is 4.60. The fraction of sp³-hybridized carbons (Fsp3) is 0.211. The lowest BCUT2D eigenvalue weighted by atomic mass is 10.0. The molecule has 0 unspecified atom stereocenters. The van der Waals surface area contributed by atoms with Crippen molar-refractivity contribution in [3.8, 4) is 16.9 Å². The number of benzene rings is 2. The molecular weight excluding hydrogens is 272 g/mol. The minimum absolute atomic E-state index is 0.660. The van der Waals surface area contributed by atoms with Crippen LogP contribution in [0, 0.1) is 0 Å². The third-order valence-electron chi connectivity index (χ3n) is 3.22. The summed E-state index contributed by atoms with van der Waals surface area (Å²) in [6.45, 7) is 6.64. The molecular formula is C19H22N2O. The summed E-state index contributed by atoms with van der Waals surface area (Å²) in [5.41, 5.74) is 9.80. The lowest BCUT2D eigenvalue weighted by Crippen LogP contribution is -1.92. The number of fused-ring (bicyclic) bond motifs is 1. The van der Waals surface area contributed by atoms with Crippen LogP contribution in [0.5, 0.6) is 5.75 Å². The van der Waals surface area contributed by atoms with Crippen LogP contribution in [0.15, 0.2) is 54.7 Å². The number of nitrogens with two attached hydrogens (primary N) is 1. The van der Waals surface area contributed by atoms with E-state index in [4.69, 9.17) is 10.5 Å². The van der Waals surface area contributed by atoms with Gasteiger partial charge in [-0.05, 0) is 54.4 Å². The van der Waals surface area contributed by atoms with E-state index < -0.39 is 0 Å².